The molecule has 0 unspecified atom stereocenters. The van der Waals surface area contributed by atoms with Crippen LogP contribution in [0.25, 0.3) is 0 Å². The Hall–Kier alpha value is -2.89. The number of hydrogen-bond donors (Lipinski definition) is 1. The van der Waals surface area contributed by atoms with Gasteiger partial charge in [-0.1, -0.05) is 18.2 Å². The maximum atomic E-state index is 12.0. The fraction of sp³-hybridized carbons (Fsp3) is 0.133. The molecule has 0 saturated heterocycles. The van der Waals surface area contributed by atoms with E-state index in [9.17, 15) is 14.4 Å². The van der Waals surface area contributed by atoms with Crippen molar-refractivity contribution in [3.05, 3.63) is 64.6 Å². The molecule has 1 aromatic heterocycles. The molecule has 1 heterocycles. The van der Waals surface area contributed by atoms with E-state index in [0.717, 1.165) is 0 Å². The van der Waals surface area contributed by atoms with Crippen LogP contribution in [0.2, 0.25) is 0 Å². The highest BCUT2D eigenvalue weighted by Crippen LogP contribution is 2.15. The average Bonchev–Trinajstić information content (AvgIpc) is 2.49. The van der Waals surface area contributed by atoms with Crippen LogP contribution in [-0.2, 0) is 16.1 Å². The second-order valence-corrected chi connectivity index (χ2v) is 4.25. The van der Waals surface area contributed by atoms with Gasteiger partial charge < -0.3 is 14.6 Å². The van der Waals surface area contributed by atoms with E-state index < -0.39 is 11.9 Å². The zero-order valence-electron chi connectivity index (χ0n) is 11.4. The van der Waals surface area contributed by atoms with Crippen molar-refractivity contribution in [1.82, 2.24) is 4.57 Å². The van der Waals surface area contributed by atoms with Gasteiger partial charge in [0.1, 0.15) is 6.54 Å². The highest BCUT2D eigenvalue weighted by Gasteiger charge is 2.13. The van der Waals surface area contributed by atoms with E-state index in [1.807, 2.05) is 0 Å². The number of esters is 1. The zero-order chi connectivity index (χ0) is 15.2. The maximum Gasteiger partial charge on any atom is 0.339 e. The lowest BCUT2D eigenvalue weighted by molar-refractivity contribution is -0.116. The van der Waals surface area contributed by atoms with Crippen molar-refractivity contribution in [2.75, 3.05) is 12.4 Å². The minimum Gasteiger partial charge on any atom is -0.465 e. The molecule has 2 aromatic rings. The number of pyridine rings is 1. The summed E-state index contributed by atoms with van der Waals surface area (Å²) in [5, 5.41) is 2.60. The van der Waals surface area contributed by atoms with E-state index in [4.69, 9.17) is 0 Å². The van der Waals surface area contributed by atoms with E-state index in [0.29, 0.717) is 5.69 Å². The molecule has 0 aliphatic heterocycles. The number of para-hydroxylation sites is 1. The fourth-order valence-corrected chi connectivity index (χ4v) is 1.82. The molecule has 0 spiro atoms. The first-order valence-electron chi connectivity index (χ1n) is 6.24. The number of ether oxygens (including phenoxy) is 1. The molecule has 1 N–H and O–H groups in total. The van der Waals surface area contributed by atoms with Gasteiger partial charge in [0.15, 0.2) is 0 Å². The third kappa shape index (κ3) is 3.56. The van der Waals surface area contributed by atoms with Crippen LogP contribution in [0.15, 0.2) is 53.5 Å². The molecule has 0 radical (unpaired) electrons. The minimum atomic E-state index is -0.539. The standard InChI is InChI=1S/C15H14N2O4/c1-21-15(20)11-6-2-3-7-12(11)16-13(18)10-17-9-5-4-8-14(17)19/h2-9H,10H2,1H3,(H,16,18). The van der Waals surface area contributed by atoms with Crippen molar-refractivity contribution in [3.8, 4) is 0 Å². The molecule has 0 atom stereocenters. The lowest BCUT2D eigenvalue weighted by atomic mass is 10.2. The van der Waals surface area contributed by atoms with Gasteiger partial charge in [0.2, 0.25) is 5.91 Å². The van der Waals surface area contributed by atoms with Crippen molar-refractivity contribution in [3.63, 3.8) is 0 Å². The van der Waals surface area contributed by atoms with Gasteiger partial charge in [-0.2, -0.15) is 0 Å². The molecular formula is C15H14N2O4. The lowest BCUT2D eigenvalue weighted by Gasteiger charge is -2.10. The molecule has 108 valence electrons. The summed E-state index contributed by atoms with van der Waals surface area (Å²) in [7, 11) is 1.27. The van der Waals surface area contributed by atoms with Crippen LogP contribution in [0, 0.1) is 0 Å². The van der Waals surface area contributed by atoms with Crippen molar-refractivity contribution in [2.45, 2.75) is 6.54 Å². The first-order valence-corrected chi connectivity index (χ1v) is 6.24. The van der Waals surface area contributed by atoms with E-state index in [-0.39, 0.29) is 17.7 Å². The third-order valence-corrected chi connectivity index (χ3v) is 2.82. The van der Waals surface area contributed by atoms with Crippen LogP contribution < -0.4 is 10.9 Å². The third-order valence-electron chi connectivity index (χ3n) is 2.82. The number of rotatable bonds is 4. The number of nitrogens with one attached hydrogen (secondary N) is 1. The highest BCUT2D eigenvalue weighted by atomic mass is 16.5. The molecule has 0 bridgehead atoms. The van der Waals surface area contributed by atoms with Crippen LogP contribution in [-0.4, -0.2) is 23.6 Å². The molecule has 6 nitrogen and oxygen atoms in total. The second-order valence-electron chi connectivity index (χ2n) is 4.25. The predicted molar refractivity (Wildman–Crippen MR) is 77.1 cm³/mol. The number of hydrogen-bond acceptors (Lipinski definition) is 4. The monoisotopic (exact) mass is 286 g/mol. The highest BCUT2D eigenvalue weighted by molar-refractivity contribution is 6.01. The SMILES string of the molecule is COC(=O)c1ccccc1NC(=O)Cn1ccccc1=O. The fourth-order valence-electron chi connectivity index (χ4n) is 1.82. The van der Waals surface area contributed by atoms with E-state index in [1.54, 1.807) is 36.4 Å². The summed E-state index contributed by atoms with van der Waals surface area (Å²) in [6.45, 7) is -0.130. The molecular weight excluding hydrogens is 272 g/mol. The molecule has 0 saturated carbocycles. The van der Waals surface area contributed by atoms with Gasteiger partial charge in [0.25, 0.3) is 5.56 Å². The van der Waals surface area contributed by atoms with Gasteiger partial charge in [0.05, 0.1) is 18.4 Å². The Bertz CT molecular complexity index is 721. The maximum absolute atomic E-state index is 12.0. The normalized spacial score (nSPS) is 9.95. The van der Waals surface area contributed by atoms with Gasteiger partial charge in [-0.3, -0.25) is 9.59 Å². The Balaban J connectivity index is 2.15. The van der Waals surface area contributed by atoms with Crippen LogP contribution in [0.4, 0.5) is 5.69 Å². The average molecular weight is 286 g/mol. The van der Waals surface area contributed by atoms with Gasteiger partial charge in [-0.25, -0.2) is 4.79 Å². The minimum absolute atomic E-state index is 0.130. The largest absolute Gasteiger partial charge is 0.465 e. The van der Waals surface area contributed by atoms with Crippen molar-refractivity contribution >= 4 is 17.6 Å². The summed E-state index contributed by atoms with van der Waals surface area (Å²) in [5.74, 6) is -0.942. The molecule has 0 aliphatic carbocycles. The van der Waals surface area contributed by atoms with Crippen LogP contribution in [0.3, 0.4) is 0 Å². The molecule has 0 fully saturated rings. The Morgan fingerprint density at radius 1 is 1.14 bits per heavy atom. The number of methoxy groups -OCH3 is 1. The quantitative estimate of drug-likeness (QED) is 0.859. The molecule has 0 aliphatic rings. The molecule has 6 heteroatoms. The first-order chi connectivity index (χ1) is 10.1. The lowest BCUT2D eigenvalue weighted by Crippen LogP contribution is -2.27. The Morgan fingerprint density at radius 2 is 1.86 bits per heavy atom. The number of aromatic nitrogens is 1. The Morgan fingerprint density at radius 3 is 2.57 bits per heavy atom. The van der Waals surface area contributed by atoms with Gasteiger partial charge >= 0.3 is 5.97 Å². The van der Waals surface area contributed by atoms with Crippen molar-refractivity contribution < 1.29 is 14.3 Å². The molecule has 1 aromatic carbocycles. The molecule has 1 amide bonds. The van der Waals surface area contributed by atoms with E-state index >= 15 is 0 Å². The summed E-state index contributed by atoms with van der Waals surface area (Å²) in [6, 6.07) is 11.1. The Kier molecular flexibility index (Phi) is 4.50. The summed E-state index contributed by atoms with van der Waals surface area (Å²) >= 11 is 0. The van der Waals surface area contributed by atoms with Gasteiger partial charge in [-0.05, 0) is 18.2 Å². The molecule has 21 heavy (non-hydrogen) atoms. The summed E-state index contributed by atoms with van der Waals surface area (Å²) in [4.78, 5) is 35.1. The van der Waals surface area contributed by atoms with Crippen LogP contribution in [0.5, 0.6) is 0 Å². The van der Waals surface area contributed by atoms with Crippen molar-refractivity contribution in [2.24, 2.45) is 0 Å². The summed E-state index contributed by atoms with van der Waals surface area (Å²) in [5.41, 5.74) is 0.334. The van der Waals surface area contributed by atoms with E-state index in [2.05, 4.69) is 10.1 Å². The first kappa shape index (κ1) is 14.5. The number of benzene rings is 1. The topological polar surface area (TPSA) is 77.4 Å². The summed E-state index contributed by atoms with van der Waals surface area (Å²) < 4.78 is 5.92. The van der Waals surface area contributed by atoms with Crippen molar-refractivity contribution in [1.29, 1.82) is 0 Å². The number of carbonyl (C=O) groups is 2. The summed E-state index contributed by atoms with van der Waals surface area (Å²) in [6.07, 6.45) is 1.52. The zero-order valence-corrected chi connectivity index (χ0v) is 11.4. The van der Waals surface area contributed by atoms with E-state index in [1.165, 1.54) is 23.9 Å². The predicted octanol–water partition coefficient (Wildman–Crippen LogP) is 1.27. The number of nitrogens with zero attached hydrogens (tertiary/aromatic N) is 1. The number of carbonyl (C=O) groups excluding carboxylic acids is 2. The van der Waals surface area contributed by atoms with Gasteiger partial charge in [0, 0.05) is 12.3 Å². The second kappa shape index (κ2) is 6.51. The Labute approximate surface area is 121 Å². The van der Waals surface area contributed by atoms with Gasteiger partial charge in [-0.15, -0.1) is 0 Å². The smallest absolute Gasteiger partial charge is 0.339 e. The number of amides is 1. The molecule has 2 rings (SSSR count). The number of anilines is 1. The van der Waals surface area contributed by atoms with Crippen LogP contribution in [0.1, 0.15) is 10.4 Å². The van der Waals surface area contributed by atoms with Crippen LogP contribution >= 0.6 is 0 Å².